The molecule has 20 heavy (non-hydrogen) atoms. The zero-order valence-electron chi connectivity index (χ0n) is 11.8. The Bertz CT molecular complexity index is 594. The standard InChI is InChI=1S/C13H19ClN6/c1-3-19(4-2)9-5-6-20(8-9)12-10-7-15-18-11(10)16-13(14)17-12/h7,9H,3-6,8H2,1-2H3,(H,15,16,17,18). The highest BCUT2D eigenvalue weighted by Gasteiger charge is 2.28. The summed E-state index contributed by atoms with van der Waals surface area (Å²) in [5, 5.41) is 8.10. The lowest BCUT2D eigenvalue weighted by Crippen LogP contribution is -2.37. The van der Waals surface area contributed by atoms with Crippen LogP contribution in [0, 0.1) is 0 Å². The molecule has 1 aliphatic rings. The molecule has 0 aliphatic carbocycles. The highest BCUT2D eigenvalue weighted by molar-refractivity contribution is 6.28. The van der Waals surface area contributed by atoms with Gasteiger partial charge in [-0.1, -0.05) is 13.8 Å². The molecule has 0 radical (unpaired) electrons. The van der Waals surface area contributed by atoms with E-state index in [2.05, 4.69) is 43.8 Å². The van der Waals surface area contributed by atoms with E-state index < -0.39 is 0 Å². The first-order valence-electron chi connectivity index (χ1n) is 7.08. The van der Waals surface area contributed by atoms with Crippen molar-refractivity contribution >= 4 is 28.5 Å². The SMILES string of the molecule is CCN(CC)C1CCN(c2nc(Cl)nc3[nH]ncc23)C1. The maximum Gasteiger partial charge on any atom is 0.226 e. The predicted molar refractivity (Wildman–Crippen MR) is 80.2 cm³/mol. The lowest BCUT2D eigenvalue weighted by Gasteiger charge is -2.26. The van der Waals surface area contributed by atoms with E-state index in [1.54, 1.807) is 6.20 Å². The summed E-state index contributed by atoms with van der Waals surface area (Å²) in [7, 11) is 0. The molecule has 0 bridgehead atoms. The van der Waals surface area contributed by atoms with Gasteiger partial charge < -0.3 is 4.90 Å². The van der Waals surface area contributed by atoms with Crippen LogP contribution in [0.25, 0.3) is 11.0 Å². The van der Waals surface area contributed by atoms with Crippen LogP contribution in [0.15, 0.2) is 6.20 Å². The Morgan fingerprint density at radius 2 is 2.20 bits per heavy atom. The van der Waals surface area contributed by atoms with Gasteiger partial charge in [0, 0.05) is 19.1 Å². The molecule has 1 aliphatic heterocycles. The van der Waals surface area contributed by atoms with Crippen molar-refractivity contribution in [3.63, 3.8) is 0 Å². The number of nitrogens with zero attached hydrogens (tertiary/aromatic N) is 5. The van der Waals surface area contributed by atoms with E-state index >= 15 is 0 Å². The molecule has 0 spiro atoms. The summed E-state index contributed by atoms with van der Waals surface area (Å²) in [5.74, 6) is 0.892. The second-order valence-electron chi connectivity index (χ2n) is 5.06. The number of H-pyrrole nitrogens is 1. The zero-order valence-corrected chi connectivity index (χ0v) is 12.6. The summed E-state index contributed by atoms with van der Waals surface area (Å²) in [6, 6.07) is 0.584. The van der Waals surface area contributed by atoms with E-state index in [0.717, 1.165) is 43.8 Å². The van der Waals surface area contributed by atoms with Crippen molar-refractivity contribution in [2.24, 2.45) is 0 Å². The van der Waals surface area contributed by atoms with Crippen LogP contribution in [0.5, 0.6) is 0 Å². The number of aromatic amines is 1. The van der Waals surface area contributed by atoms with Crippen molar-refractivity contribution in [2.75, 3.05) is 31.1 Å². The number of rotatable bonds is 4. The second kappa shape index (κ2) is 5.54. The highest BCUT2D eigenvalue weighted by Crippen LogP contribution is 2.28. The summed E-state index contributed by atoms with van der Waals surface area (Å²) >= 11 is 6.01. The summed E-state index contributed by atoms with van der Waals surface area (Å²) in [6.45, 7) is 8.56. The second-order valence-corrected chi connectivity index (χ2v) is 5.40. The fourth-order valence-corrected chi connectivity index (χ4v) is 3.17. The lowest BCUT2D eigenvalue weighted by molar-refractivity contribution is 0.232. The molecule has 1 saturated heterocycles. The largest absolute Gasteiger partial charge is 0.354 e. The fraction of sp³-hybridized carbons (Fsp3) is 0.615. The summed E-state index contributed by atoms with van der Waals surface area (Å²) in [4.78, 5) is 13.3. The van der Waals surface area contributed by atoms with Gasteiger partial charge in [-0.3, -0.25) is 10.00 Å². The number of likely N-dealkylation sites (N-methyl/N-ethyl adjacent to an activating group) is 1. The van der Waals surface area contributed by atoms with Gasteiger partial charge in [0.25, 0.3) is 0 Å². The van der Waals surface area contributed by atoms with E-state index in [4.69, 9.17) is 11.6 Å². The highest BCUT2D eigenvalue weighted by atomic mass is 35.5. The minimum absolute atomic E-state index is 0.267. The number of halogens is 1. The molecule has 1 fully saturated rings. The Labute approximate surface area is 123 Å². The minimum Gasteiger partial charge on any atom is -0.354 e. The van der Waals surface area contributed by atoms with E-state index in [1.165, 1.54) is 0 Å². The van der Waals surface area contributed by atoms with Crippen LogP contribution in [0.1, 0.15) is 20.3 Å². The van der Waals surface area contributed by atoms with Crippen LogP contribution in [0.3, 0.4) is 0 Å². The van der Waals surface area contributed by atoms with E-state index in [9.17, 15) is 0 Å². The Hall–Kier alpha value is -1.40. The molecule has 0 saturated carbocycles. The molecular weight excluding hydrogens is 276 g/mol. The molecule has 2 aromatic heterocycles. The fourth-order valence-electron chi connectivity index (χ4n) is 3.01. The zero-order chi connectivity index (χ0) is 14.1. The van der Waals surface area contributed by atoms with Gasteiger partial charge in [0.15, 0.2) is 5.65 Å². The summed E-state index contributed by atoms with van der Waals surface area (Å²) < 4.78 is 0. The van der Waals surface area contributed by atoms with Crippen molar-refractivity contribution in [3.05, 3.63) is 11.5 Å². The predicted octanol–water partition coefficient (Wildman–Crippen LogP) is 1.93. The Morgan fingerprint density at radius 3 is 2.95 bits per heavy atom. The molecular formula is C13H19ClN6. The van der Waals surface area contributed by atoms with Crippen LogP contribution in [0.2, 0.25) is 5.28 Å². The smallest absolute Gasteiger partial charge is 0.226 e. The number of aromatic nitrogens is 4. The van der Waals surface area contributed by atoms with Gasteiger partial charge >= 0.3 is 0 Å². The molecule has 7 heteroatoms. The lowest BCUT2D eigenvalue weighted by atomic mass is 10.2. The van der Waals surface area contributed by atoms with Crippen molar-refractivity contribution in [1.29, 1.82) is 0 Å². The van der Waals surface area contributed by atoms with Gasteiger partial charge in [0.05, 0.1) is 11.6 Å². The molecule has 0 amide bonds. The van der Waals surface area contributed by atoms with Crippen LogP contribution in [0.4, 0.5) is 5.82 Å². The van der Waals surface area contributed by atoms with Crippen LogP contribution >= 0.6 is 11.6 Å². The van der Waals surface area contributed by atoms with Crippen molar-refractivity contribution in [1.82, 2.24) is 25.1 Å². The maximum absolute atomic E-state index is 6.01. The molecule has 108 valence electrons. The molecule has 0 aromatic carbocycles. The van der Waals surface area contributed by atoms with Crippen LogP contribution < -0.4 is 4.90 Å². The van der Waals surface area contributed by atoms with E-state index in [1.807, 2.05) is 0 Å². The summed E-state index contributed by atoms with van der Waals surface area (Å²) in [5.41, 5.74) is 0.700. The first-order chi connectivity index (χ1) is 9.72. The van der Waals surface area contributed by atoms with Gasteiger partial charge in [-0.2, -0.15) is 15.1 Å². The van der Waals surface area contributed by atoms with Crippen LogP contribution in [-0.4, -0.2) is 57.3 Å². The number of fused-ring (bicyclic) bond motifs is 1. The van der Waals surface area contributed by atoms with Gasteiger partial charge in [-0.15, -0.1) is 0 Å². The molecule has 1 unspecified atom stereocenters. The van der Waals surface area contributed by atoms with Crippen molar-refractivity contribution in [3.8, 4) is 0 Å². The van der Waals surface area contributed by atoms with Crippen molar-refractivity contribution in [2.45, 2.75) is 26.3 Å². The van der Waals surface area contributed by atoms with Gasteiger partial charge in [-0.25, -0.2) is 0 Å². The number of anilines is 1. The third-order valence-electron chi connectivity index (χ3n) is 4.05. The van der Waals surface area contributed by atoms with Crippen molar-refractivity contribution < 1.29 is 0 Å². The van der Waals surface area contributed by atoms with Gasteiger partial charge in [0.2, 0.25) is 5.28 Å². The normalized spacial score (nSPS) is 19.4. The third kappa shape index (κ3) is 2.33. The summed E-state index contributed by atoms with van der Waals surface area (Å²) in [6.07, 6.45) is 2.92. The topological polar surface area (TPSA) is 60.9 Å². The van der Waals surface area contributed by atoms with E-state index in [0.29, 0.717) is 11.7 Å². The van der Waals surface area contributed by atoms with Gasteiger partial charge in [0.1, 0.15) is 5.82 Å². The Kier molecular flexibility index (Phi) is 3.76. The molecule has 3 rings (SSSR count). The number of nitrogens with one attached hydrogen (secondary N) is 1. The molecule has 1 N–H and O–H groups in total. The van der Waals surface area contributed by atoms with Crippen LogP contribution in [-0.2, 0) is 0 Å². The average molecular weight is 295 g/mol. The Morgan fingerprint density at radius 1 is 1.40 bits per heavy atom. The maximum atomic E-state index is 6.01. The monoisotopic (exact) mass is 294 g/mol. The molecule has 6 nitrogen and oxygen atoms in total. The molecule has 2 aromatic rings. The number of hydrogen-bond acceptors (Lipinski definition) is 5. The number of hydrogen-bond donors (Lipinski definition) is 1. The third-order valence-corrected chi connectivity index (χ3v) is 4.22. The van der Waals surface area contributed by atoms with Gasteiger partial charge in [-0.05, 0) is 31.1 Å². The van der Waals surface area contributed by atoms with E-state index in [-0.39, 0.29) is 5.28 Å². The minimum atomic E-state index is 0.267. The average Bonchev–Trinajstić information content (AvgIpc) is 3.08. The quantitative estimate of drug-likeness (QED) is 0.873. The first-order valence-corrected chi connectivity index (χ1v) is 7.46. The first kappa shape index (κ1) is 13.6. The Balaban J connectivity index is 1.87. The molecule has 1 atom stereocenters. The molecule has 3 heterocycles.